The Kier molecular flexibility index (Phi) is 3.79. The zero-order valence-electron chi connectivity index (χ0n) is 10.7. The molecule has 98 valence electrons. The van der Waals surface area contributed by atoms with Gasteiger partial charge in [0, 0.05) is 25.3 Å². The molecule has 18 heavy (non-hydrogen) atoms. The summed E-state index contributed by atoms with van der Waals surface area (Å²) in [7, 11) is 0. The van der Waals surface area contributed by atoms with Crippen LogP contribution in [0.5, 0.6) is 0 Å². The number of aromatic nitrogens is 1. The summed E-state index contributed by atoms with van der Waals surface area (Å²) in [6.45, 7) is 5.13. The maximum atomic E-state index is 14.1. The molecule has 2 rings (SSSR count). The van der Waals surface area contributed by atoms with E-state index in [1.807, 2.05) is 13.8 Å². The summed E-state index contributed by atoms with van der Waals surface area (Å²) in [5, 5.41) is 2.82. The second-order valence-corrected chi connectivity index (χ2v) is 4.54. The van der Waals surface area contributed by atoms with Crippen molar-refractivity contribution in [2.24, 2.45) is 0 Å². The summed E-state index contributed by atoms with van der Waals surface area (Å²) >= 11 is 0. The van der Waals surface area contributed by atoms with Crippen molar-refractivity contribution in [1.82, 2.24) is 9.88 Å². The normalized spacial score (nSPS) is 19.1. The second kappa shape index (κ2) is 5.33. The van der Waals surface area contributed by atoms with Gasteiger partial charge in [0.2, 0.25) is 0 Å². The van der Waals surface area contributed by atoms with Crippen LogP contribution in [0.4, 0.5) is 10.2 Å². The van der Waals surface area contributed by atoms with Crippen LogP contribution in [0.3, 0.4) is 0 Å². The molecule has 0 radical (unpaired) electrons. The van der Waals surface area contributed by atoms with E-state index in [0.717, 1.165) is 12.8 Å². The predicted molar refractivity (Wildman–Crippen MR) is 68.1 cm³/mol. The summed E-state index contributed by atoms with van der Waals surface area (Å²) in [5.74, 6) is -0.641. The number of rotatable bonds is 3. The van der Waals surface area contributed by atoms with Crippen molar-refractivity contribution in [3.8, 4) is 0 Å². The number of halogens is 1. The van der Waals surface area contributed by atoms with Gasteiger partial charge in [0.25, 0.3) is 5.91 Å². The first kappa shape index (κ1) is 12.8. The highest BCUT2D eigenvalue weighted by Crippen LogP contribution is 2.22. The van der Waals surface area contributed by atoms with Gasteiger partial charge in [0.1, 0.15) is 0 Å². The van der Waals surface area contributed by atoms with Gasteiger partial charge in [-0.3, -0.25) is 4.79 Å². The minimum absolute atomic E-state index is 0.106. The molecule has 1 atom stereocenters. The van der Waals surface area contributed by atoms with Crippen molar-refractivity contribution in [2.75, 3.05) is 18.4 Å². The summed E-state index contributed by atoms with van der Waals surface area (Å²) in [6.07, 6.45) is 3.44. The van der Waals surface area contributed by atoms with Gasteiger partial charge in [0.15, 0.2) is 11.6 Å². The molecule has 0 spiro atoms. The van der Waals surface area contributed by atoms with Crippen LogP contribution in [0.1, 0.15) is 37.0 Å². The summed E-state index contributed by atoms with van der Waals surface area (Å²) in [6, 6.07) is 1.64. The highest BCUT2D eigenvalue weighted by atomic mass is 19.1. The van der Waals surface area contributed by atoms with Crippen LogP contribution in [0.25, 0.3) is 0 Å². The lowest BCUT2D eigenvalue weighted by atomic mass is 10.2. The molecule has 1 N–H and O–H groups in total. The number of hydrogen-bond donors (Lipinski definition) is 1. The summed E-state index contributed by atoms with van der Waals surface area (Å²) in [4.78, 5) is 17.9. The van der Waals surface area contributed by atoms with E-state index in [4.69, 9.17) is 0 Å². The lowest BCUT2D eigenvalue weighted by molar-refractivity contribution is 0.0742. The average Bonchev–Trinajstić information content (AvgIpc) is 2.78. The number of carbonyl (C=O) groups excluding carboxylic acids is 1. The molecule has 0 aliphatic carbocycles. The standard InChI is InChI=1S/C13H18FN3O/c1-3-15-12-11(14)10(6-7-16-12)13(18)17-8-4-5-9(17)2/h6-7,9H,3-5,8H2,1-2H3,(H,15,16). The third kappa shape index (κ3) is 2.30. The Morgan fingerprint density at radius 1 is 1.67 bits per heavy atom. The zero-order valence-corrected chi connectivity index (χ0v) is 10.7. The Morgan fingerprint density at radius 2 is 2.44 bits per heavy atom. The first-order chi connectivity index (χ1) is 8.65. The molecule has 1 aromatic heterocycles. The Hall–Kier alpha value is -1.65. The number of pyridine rings is 1. The molecule has 5 heteroatoms. The van der Waals surface area contributed by atoms with E-state index in [-0.39, 0.29) is 23.3 Å². The van der Waals surface area contributed by atoms with E-state index in [1.54, 1.807) is 4.90 Å². The van der Waals surface area contributed by atoms with Gasteiger partial charge >= 0.3 is 0 Å². The minimum atomic E-state index is -0.552. The smallest absolute Gasteiger partial charge is 0.257 e. The molecule has 4 nitrogen and oxygen atoms in total. The molecule has 0 saturated carbocycles. The lowest BCUT2D eigenvalue weighted by Crippen LogP contribution is -2.34. The van der Waals surface area contributed by atoms with E-state index < -0.39 is 5.82 Å². The third-order valence-corrected chi connectivity index (χ3v) is 3.28. The number of amides is 1. The fourth-order valence-electron chi connectivity index (χ4n) is 2.29. The van der Waals surface area contributed by atoms with E-state index in [9.17, 15) is 9.18 Å². The van der Waals surface area contributed by atoms with E-state index >= 15 is 0 Å². The number of nitrogens with one attached hydrogen (secondary N) is 1. The van der Waals surface area contributed by atoms with Crippen molar-refractivity contribution < 1.29 is 9.18 Å². The quantitative estimate of drug-likeness (QED) is 0.896. The molecular weight excluding hydrogens is 233 g/mol. The second-order valence-electron chi connectivity index (χ2n) is 4.54. The van der Waals surface area contributed by atoms with Crippen LogP contribution < -0.4 is 5.32 Å². The molecule has 1 aliphatic rings. The van der Waals surface area contributed by atoms with Crippen LogP contribution in [-0.2, 0) is 0 Å². The molecule has 1 aromatic rings. The SMILES string of the molecule is CCNc1nccc(C(=O)N2CCCC2C)c1F. The predicted octanol–water partition coefficient (Wildman–Crippen LogP) is 2.28. The Morgan fingerprint density at radius 3 is 3.06 bits per heavy atom. The molecule has 1 aliphatic heterocycles. The van der Waals surface area contributed by atoms with Gasteiger partial charge in [0.05, 0.1) is 5.56 Å². The number of nitrogens with zero attached hydrogens (tertiary/aromatic N) is 2. The minimum Gasteiger partial charge on any atom is -0.368 e. The summed E-state index contributed by atoms with van der Waals surface area (Å²) in [5.41, 5.74) is 0.106. The Labute approximate surface area is 106 Å². The fourth-order valence-corrected chi connectivity index (χ4v) is 2.29. The maximum Gasteiger partial charge on any atom is 0.257 e. The highest BCUT2D eigenvalue weighted by Gasteiger charge is 2.28. The van der Waals surface area contributed by atoms with Gasteiger partial charge in [-0.15, -0.1) is 0 Å². The molecule has 1 saturated heterocycles. The lowest BCUT2D eigenvalue weighted by Gasteiger charge is -2.22. The molecule has 1 unspecified atom stereocenters. The first-order valence-electron chi connectivity index (χ1n) is 6.34. The van der Waals surface area contributed by atoms with Crippen LogP contribution in [0, 0.1) is 5.82 Å². The number of anilines is 1. The molecule has 2 heterocycles. The fraction of sp³-hybridized carbons (Fsp3) is 0.538. The van der Waals surface area contributed by atoms with Crippen LogP contribution >= 0.6 is 0 Å². The van der Waals surface area contributed by atoms with Crippen LogP contribution in [0.2, 0.25) is 0 Å². The van der Waals surface area contributed by atoms with Gasteiger partial charge in [-0.25, -0.2) is 9.37 Å². The molecule has 1 amide bonds. The highest BCUT2D eigenvalue weighted by molar-refractivity contribution is 5.95. The number of likely N-dealkylation sites (tertiary alicyclic amines) is 1. The molecule has 0 aromatic carbocycles. The van der Waals surface area contributed by atoms with Gasteiger partial charge in [-0.1, -0.05) is 0 Å². The van der Waals surface area contributed by atoms with E-state index in [2.05, 4.69) is 10.3 Å². The van der Waals surface area contributed by atoms with Crippen LogP contribution in [0.15, 0.2) is 12.3 Å². The first-order valence-corrected chi connectivity index (χ1v) is 6.34. The number of hydrogen-bond acceptors (Lipinski definition) is 3. The van der Waals surface area contributed by atoms with Crippen molar-refractivity contribution in [2.45, 2.75) is 32.7 Å². The Bertz CT molecular complexity index is 450. The van der Waals surface area contributed by atoms with Crippen molar-refractivity contribution in [3.63, 3.8) is 0 Å². The van der Waals surface area contributed by atoms with Crippen molar-refractivity contribution in [3.05, 3.63) is 23.6 Å². The zero-order chi connectivity index (χ0) is 13.1. The van der Waals surface area contributed by atoms with Crippen molar-refractivity contribution in [1.29, 1.82) is 0 Å². The molecule has 0 bridgehead atoms. The van der Waals surface area contributed by atoms with Crippen molar-refractivity contribution >= 4 is 11.7 Å². The average molecular weight is 251 g/mol. The maximum absolute atomic E-state index is 14.1. The molecule has 1 fully saturated rings. The van der Waals surface area contributed by atoms with E-state index in [1.165, 1.54) is 12.3 Å². The van der Waals surface area contributed by atoms with E-state index in [0.29, 0.717) is 13.1 Å². The monoisotopic (exact) mass is 251 g/mol. The van der Waals surface area contributed by atoms with Gasteiger partial charge in [-0.2, -0.15) is 0 Å². The van der Waals surface area contributed by atoms with Gasteiger partial charge in [-0.05, 0) is 32.8 Å². The van der Waals surface area contributed by atoms with Gasteiger partial charge < -0.3 is 10.2 Å². The third-order valence-electron chi connectivity index (χ3n) is 3.28. The number of carbonyl (C=O) groups is 1. The van der Waals surface area contributed by atoms with Crippen LogP contribution in [-0.4, -0.2) is 34.9 Å². The Balaban J connectivity index is 2.27. The largest absolute Gasteiger partial charge is 0.368 e. The topological polar surface area (TPSA) is 45.2 Å². The molecular formula is C13H18FN3O. The summed E-state index contributed by atoms with van der Waals surface area (Å²) < 4.78 is 14.1.